The summed E-state index contributed by atoms with van der Waals surface area (Å²) < 4.78 is 5.89. The molecule has 2 aromatic carbocycles. The summed E-state index contributed by atoms with van der Waals surface area (Å²) in [6, 6.07) is 17.6. The van der Waals surface area contributed by atoms with Crippen molar-refractivity contribution < 1.29 is 14.3 Å². The summed E-state index contributed by atoms with van der Waals surface area (Å²) in [4.78, 5) is 12.5. The quantitative estimate of drug-likeness (QED) is 0.490. The molecule has 174 valence electrons. The normalized spacial score (nSPS) is 17.3. The van der Waals surface area contributed by atoms with Crippen molar-refractivity contribution in [2.45, 2.75) is 70.8 Å². The van der Waals surface area contributed by atoms with Crippen molar-refractivity contribution in [3.63, 3.8) is 0 Å². The summed E-state index contributed by atoms with van der Waals surface area (Å²) in [5, 5.41) is 13.0. The molecule has 0 saturated heterocycles. The zero-order valence-corrected chi connectivity index (χ0v) is 20.4. The van der Waals surface area contributed by atoms with Crippen LogP contribution in [0.25, 0.3) is 0 Å². The van der Waals surface area contributed by atoms with Gasteiger partial charge in [-0.3, -0.25) is 4.79 Å². The highest BCUT2D eigenvalue weighted by Crippen LogP contribution is 2.46. The van der Waals surface area contributed by atoms with Gasteiger partial charge in [-0.15, -0.1) is 0 Å². The minimum absolute atomic E-state index is 0.133. The lowest BCUT2D eigenvalue weighted by atomic mass is 9.62. The molecule has 3 aromatic rings. The molecule has 1 aromatic heterocycles. The van der Waals surface area contributed by atoms with Crippen LogP contribution in [0.15, 0.2) is 59.0 Å². The summed E-state index contributed by atoms with van der Waals surface area (Å²) >= 11 is 0. The molecule has 1 heterocycles. The number of benzene rings is 2. The van der Waals surface area contributed by atoms with E-state index >= 15 is 0 Å². The number of furan rings is 1. The van der Waals surface area contributed by atoms with Gasteiger partial charge >= 0.3 is 0 Å². The number of hydrogen-bond acceptors (Lipinski definition) is 3. The number of carbonyl (C=O) groups is 1. The summed E-state index contributed by atoms with van der Waals surface area (Å²) in [6.45, 7) is 11.6. The third-order valence-electron chi connectivity index (χ3n) is 7.20. The molecule has 4 rings (SSSR count). The first-order chi connectivity index (χ1) is 15.6. The number of aliphatic hydroxyl groups is 1. The highest BCUT2D eigenvalue weighted by molar-refractivity contribution is 5.91. The maximum Gasteiger partial charge on any atom is 0.287 e. The Morgan fingerprint density at radius 3 is 2.30 bits per heavy atom. The van der Waals surface area contributed by atoms with E-state index in [0.29, 0.717) is 6.42 Å². The number of hydrogen-bond donors (Lipinski definition) is 2. The molecule has 0 aliphatic heterocycles. The molecular formula is C29H35NO3. The second-order valence-corrected chi connectivity index (χ2v) is 10.7. The van der Waals surface area contributed by atoms with Gasteiger partial charge in [0.15, 0.2) is 5.76 Å². The fourth-order valence-electron chi connectivity index (χ4n) is 4.81. The van der Waals surface area contributed by atoms with E-state index in [0.717, 1.165) is 11.3 Å². The zero-order valence-electron chi connectivity index (χ0n) is 20.4. The van der Waals surface area contributed by atoms with Crippen molar-refractivity contribution in [1.82, 2.24) is 5.32 Å². The van der Waals surface area contributed by atoms with E-state index in [4.69, 9.17) is 4.42 Å². The van der Waals surface area contributed by atoms with E-state index in [1.807, 2.05) is 36.4 Å². The van der Waals surface area contributed by atoms with E-state index in [1.54, 1.807) is 6.07 Å². The van der Waals surface area contributed by atoms with Crippen LogP contribution in [0, 0.1) is 6.92 Å². The Morgan fingerprint density at radius 1 is 1.00 bits per heavy atom. The molecule has 1 atom stereocenters. The van der Waals surface area contributed by atoms with Crippen LogP contribution in [-0.2, 0) is 17.3 Å². The number of amides is 1. The standard InChI is InChI=1S/C29H35NO3/c1-19-15-23-24(29(4,5)14-13-28(23,2)3)17-21(19)16-22-11-12-26(33-22)27(32)30-18-25(31)20-9-7-6-8-10-20/h6-12,15,17,25,31H,13-14,16,18H2,1-5H3,(H,30,32). The van der Waals surface area contributed by atoms with E-state index in [2.05, 4.69) is 52.1 Å². The monoisotopic (exact) mass is 445 g/mol. The Kier molecular flexibility index (Phi) is 6.24. The van der Waals surface area contributed by atoms with Crippen LogP contribution < -0.4 is 5.32 Å². The van der Waals surface area contributed by atoms with Crippen LogP contribution in [0.2, 0.25) is 0 Å². The Hall–Kier alpha value is -2.85. The first kappa shape index (κ1) is 23.3. The number of rotatable bonds is 6. The van der Waals surface area contributed by atoms with Gasteiger partial charge in [0, 0.05) is 13.0 Å². The second-order valence-electron chi connectivity index (χ2n) is 10.7. The molecular weight excluding hydrogens is 410 g/mol. The summed E-state index contributed by atoms with van der Waals surface area (Å²) in [5.41, 5.74) is 6.49. The molecule has 1 amide bonds. The van der Waals surface area contributed by atoms with Gasteiger partial charge < -0.3 is 14.8 Å². The predicted molar refractivity (Wildman–Crippen MR) is 132 cm³/mol. The van der Waals surface area contributed by atoms with Gasteiger partial charge in [0.1, 0.15) is 5.76 Å². The average Bonchev–Trinajstić information content (AvgIpc) is 3.25. The summed E-state index contributed by atoms with van der Waals surface area (Å²) in [5.74, 6) is 0.711. The maximum absolute atomic E-state index is 12.5. The summed E-state index contributed by atoms with van der Waals surface area (Å²) in [7, 11) is 0. The molecule has 33 heavy (non-hydrogen) atoms. The minimum atomic E-state index is -0.754. The SMILES string of the molecule is Cc1cc2c(cc1Cc1ccc(C(=O)NCC(O)c3ccccc3)o1)C(C)(C)CCC2(C)C. The van der Waals surface area contributed by atoms with Crippen molar-refractivity contribution in [3.8, 4) is 0 Å². The van der Waals surface area contributed by atoms with Gasteiger partial charge in [-0.1, -0.05) is 70.2 Å². The van der Waals surface area contributed by atoms with Gasteiger partial charge in [0.25, 0.3) is 5.91 Å². The molecule has 2 N–H and O–H groups in total. The van der Waals surface area contributed by atoms with Crippen LogP contribution in [0.4, 0.5) is 0 Å². The molecule has 4 heteroatoms. The molecule has 0 bridgehead atoms. The Morgan fingerprint density at radius 2 is 1.64 bits per heavy atom. The van der Waals surface area contributed by atoms with Crippen molar-refractivity contribution in [2.75, 3.05) is 6.54 Å². The van der Waals surface area contributed by atoms with E-state index in [-0.39, 0.29) is 29.0 Å². The van der Waals surface area contributed by atoms with E-state index in [1.165, 1.54) is 35.1 Å². The third kappa shape index (κ3) is 4.91. The molecule has 0 fully saturated rings. The highest BCUT2D eigenvalue weighted by atomic mass is 16.3. The van der Waals surface area contributed by atoms with Gasteiger partial charge in [-0.2, -0.15) is 0 Å². The van der Waals surface area contributed by atoms with E-state index < -0.39 is 6.10 Å². The Balaban J connectivity index is 1.47. The van der Waals surface area contributed by atoms with Crippen LogP contribution in [0.1, 0.15) is 90.8 Å². The first-order valence-electron chi connectivity index (χ1n) is 11.8. The Bertz CT molecular complexity index is 1140. The maximum atomic E-state index is 12.5. The van der Waals surface area contributed by atoms with Gasteiger partial charge in [0.05, 0.1) is 6.10 Å². The lowest BCUT2D eigenvalue weighted by Crippen LogP contribution is -2.34. The van der Waals surface area contributed by atoms with Crippen LogP contribution >= 0.6 is 0 Å². The van der Waals surface area contributed by atoms with Gasteiger partial charge in [0.2, 0.25) is 0 Å². The lowest BCUT2D eigenvalue weighted by Gasteiger charge is -2.42. The summed E-state index contributed by atoms with van der Waals surface area (Å²) in [6.07, 6.45) is 2.27. The third-order valence-corrected chi connectivity index (χ3v) is 7.20. The lowest BCUT2D eigenvalue weighted by molar-refractivity contribution is 0.0887. The number of fused-ring (bicyclic) bond motifs is 1. The smallest absolute Gasteiger partial charge is 0.287 e. The van der Waals surface area contributed by atoms with Gasteiger partial charge in [-0.05, 0) is 70.5 Å². The average molecular weight is 446 g/mol. The molecule has 1 unspecified atom stereocenters. The molecule has 0 saturated carbocycles. The van der Waals surface area contributed by atoms with Crippen LogP contribution in [0.3, 0.4) is 0 Å². The second kappa shape index (κ2) is 8.83. The van der Waals surface area contributed by atoms with Crippen molar-refractivity contribution in [3.05, 3.63) is 93.9 Å². The highest BCUT2D eigenvalue weighted by Gasteiger charge is 2.37. The van der Waals surface area contributed by atoms with E-state index in [9.17, 15) is 9.90 Å². The minimum Gasteiger partial charge on any atom is -0.456 e. The van der Waals surface area contributed by atoms with Crippen LogP contribution in [0.5, 0.6) is 0 Å². The fraction of sp³-hybridized carbons (Fsp3) is 0.414. The first-order valence-corrected chi connectivity index (χ1v) is 11.8. The number of aliphatic hydroxyl groups excluding tert-OH is 1. The molecule has 1 aliphatic rings. The topological polar surface area (TPSA) is 62.5 Å². The van der Waals surface area contributed by atoms with Gasteiger partial charge in [-0.25, -0.2) is 0 Å². The molecule has 1 aliphatic carbocycles. The van der Waals surface area contributed by atoms with Crippen molar-refractivity contribution >= 4 is 5.91 Å². The van der Waals surface area contributed by atoms with Crippen molar-refractivity contribution in [1.29, 1.82) is 0 Å². The van der Waals surface area contributed by atoms with Crippen molar-refractivity contribution in [2.24, 2.45) is 0 Å². The predicted octanol–water partition coefficient (Wildman–Crippen LogP) is 5.99. The zero-order chi connectivity index (χ0) is 23.8. The molecule has 0 spiro atoms. The largest absolute Gasteiger partial charge is 0.456 e. The molecule has 0 radical (unpaired) electrons. The number of aryl methyl sites for hydroxylation is 1. The Labute approximate surface area is 197 Å². The van der Waals surface area contributed by atoms with Crippen LogP contribution in [-0.4, -0.2) is 17.6 Å². The molecule has 4 nitrogen and oxygen atoms in total. The number of carbonyl (C=O) groups excluding carboxylic acids is 1. The fourth-order valence-corrected chi connectivity index (χ4v) is 4.81. The number of nitrogens with one attached hydrogen (secondary N) is 1.